The Bertz CT molecular complexity index is 526. The molecule has 0 spiro atoms. The second-order valence-corrected chi connectivity index (χ2v) is 5.49. The Morgan fingerprint density at radius 2 is 1.81 bits per heavy atom. The molecule has 1 amide bonds. The molecule has 0 saturated heterocycles. The fourth-order valence-electron chi connectivity index (χ4n) is 1.71. The highest BCUT2D eigenvalue weighted by atomic mass is 19.3. The number of carbonyl (C=O) groups excluding carboxylic acids is 1. The topological polar surface area (TPSA) is 75.6 Å². The molecule has 21 heavy (non-hydrogen) atoms. The highest BCUT2D eigenvalue weighted by Crippen LogP contribution is 2.23. The van der Waals surface area contributed by atoms with Crippen LogP contribution in [0.3, 0.4) is 0 Å². The monoisotopic (exact) mass is 301 g/mol. The molecule has 1 atom stereocenters. The molecule has 0 aliphatic heterocycles. The summed E-state index contributed by atoms with van der Waals surface area (Å²) < 4.78 is 28.8. The second-order valence-electron chi connectivity index (χ2n) is 5.49. The summed E-state index contributed by atoms with van der Waals surface area (Å²) in [6, 6.07) is 4.25. The molecule has 1 unspecified atom stereocenters. The van der Waals surface area contributed by atoms with Crippen molar-refractivity contribution >= 4 is 11.9 Å². The molecule has 7 heteroatoms. The molecule has 0 heterocycles. The van der Waals surface area contributed by atoms with Crippen molar-refractivity contribution in [2.24, 2.45) is 5.41 Å². The summed E-state index contributed by atoms with van der Waals surface area (Å²) >= 11 is 0. The number of carbonyl (C=O) groups is 2. The maximum atomic E-state index is 12.3. The number of para-hydroxylation sites is 1. The largest absolute Gasteiger partial charge is 0.480 e. The van der Waals surface area contributed by atoms with Crippen molar-refractivity contribution in [3.05, 3.63) is 29.8 Å². The van der Waals surface area contributed by atoms with Crippen LogP contribution < -0.4 is 10.1 Å². The summed E-state index contributed by atoms with van der Waals surface area (Å²) in [4.78, 5) is 23.3. The predicted molar refractivity (Wildman–Crippen MR) is 71.4 cm³/mol. The number of hydrogen-bond acceptors (Lipinski definition) is 3. The van der Waals surface area contributed by atoms with E-state index in [4.69, 9.17) is 5.11 Å². The van der Waals surface area contributed by atoms with Gasteiger partial charge in [-0.3, -0.25) is 4.79 Å². The Balaban J connectivity index is 3.01. The first-order valence-electron chi connectivity index (χ1n) is 6.20. The molecule has 116 valence electrons. The molecule has 0 aliphatic carbocycles. The first-order chi connectivity index (χ1) is 9.62. The van der Waals surface area contributed by atoms with Crippen molar-refractivity contribution in [1.29, 1.82) is 0 Å². The second kappa shape index (κ2) is 6.51. The number of amides is 1. The van der Waals surface area contributed by atoms with Crippen molar-refractivity contribution in [3.63, 3.8) is 0 Å². The van der Waals surface area contributed by atoms with Gasteiger partial charge in [0.1, 0.15) is 11.8 Å². The summed E-state index contributed by atoms with van der Waals surface area (Å²) in [5, 5.41) is 11.5. The molecular formula is C14H17F2NO4. The van der Waals surface area contributed by atoms with E-state index in [2.05, 4.69) is 10.1 Å². The molecule has 0 saturated carbocycles. The van der Waals surface area contributed by atoms with E-state index in [-0.39, 0.29) is 11.3 Å². The van der Waals surface area contributed by atoms with E-state index in [1.54, 1.807) is 20.8 Å². The van der Waals surface area contributed by atoms with Gasteiger partial charge in [0.25, 0.3) is 5.91 Å². The van der Waals surface area contributed by atoms with E-state index in [0.29, 0.717) is 0 Å². The zero-order chi connectivity index (χ0) is 16.2. The van der Waals surface area contributed by atoms with Crippen LogP contribution >= 0.6 is 0 Å². The molecule has 0 fully saturated rings. The highest BCUT2D eigenvalue weighted by Gasteiger charge is 2.33. The normalized spacial score (nSPS) is 12.9. The minimum atomic E-state index is -3.07. The molecule has 1 aromatic rings. The van der Waals surface area contributed by atoms with Gasteiger partial charge in [-0.25, -0.2) is 4.79 Å². The van der Waals surface area contributed by atoms with Crippen LogP contribution in [0.4, 0.5) is 8.78 Å². The molecule has 0 aromatic heterocycles. The predicted octanol–water partition coefficient (Wildman–Crippen LogP) is 2.52. The number of carboxylic acids is 1. The van der Waals surface area contributed by atoms with Gasteiger partial charge in [-0.05, 0) is 17.5 Å². The maximum Gasteiger partial charge on any atom is 0.387 e. The smallest absolute Gasteiger partial charge is 0.387 e. The first-order valence-corrected chi connectivity index (χ1v) is 6.20. The van der Waals surface area contributed by atoms with Crippen LogP contribution in [0.1, 0.15) is 31.1 Å². The molecule has 0 aliphatic rings. The standard InChI is InChI=1S/C14H17F2NO4/c1-14(2,3)10(12(19)20)17-11(18)8-6-4-5-7-9(8)21-13(15)16/h4-7,10,13H,1-3H3,(H,17,18)(H,19,20). The van der Waals surface area contributed by atoms with Crippen LogP contribution in [-0.4, -0.2) is 29.6 Å². The van der Waals surface area contributed by atoms with E-state index in [0.717, 1.165) is 0 Å². The van der Waals surface area contributed by atoms with Gasteiger partial charge in [0, 0.05) is 0 Å². The van der Waals surface area contributed by atoms with Gasteiger partial charge in [-0.15, -0.1) is 0 Å². The van der Waals surface area contributed by atoms with E-state index in [1.807, 2.05) is 0 Å². The lowest BCUT2D eigenvalue weighted by molar-refractivity contribution is -0.142. The van der Waals surface area contributed by atoms with Gasteiger partial charge in [0.15, 0.2) is 0 Å². The van der Waals surface area contributed by atoms with Gasteiger partial charge in [-0.1, -0.05) is 32.9 Å². The molecular weight excluding hydrogens is 284 g/mol. The summed E-state index contributed by atoms with van der Waals surface area (Å²) in [6.45, 7) is 1.87. The van der Waals surface area contributed by atoms with Crippen LogP contribution in [0.25, 0.3) is 0 Å². The van der Waals surface area contributed by atoms with Crippen molar-refractivity contribution in [2.75, 3.05) is 0 Å². The maximum absolute atomic E-state index is 12.3. The Labute approximate surface area is 120 Å². The van der Waals surface area contributed by atoms with Gasteiger partial charge < -0.3 is 15.2 Å². The van der Waals surface area contributed by atoms with Crippen LogP contribution in [-0.2, 0) is 4.79 Å². The van der Waals surface area contributed by atoms with Crippen molar-refractivity contribution in [1.82, 2.24) is 5.32 Å². The Kier molecular flexibility index (Phi) is 5.23. The van der Waals surface area contributed by atoms with Gasteiger partial charge in [-0.2, -0.15) is 8.78 Å². The number of rotatable bonds is 5. The molecule has 2 N–H and O–H groups in total. The zero-order valence-corrected chi connectivity index (χ0v) is 11.9. The fourth-order valence-corrected chi connectivity index (χ4v) is 1.71. The average Bonchev–Trinajstić information content (AvgIpc) is 2.33. The Morgan fingerprint density at radius 1 is 1.24 bits per heavy atom. The fraction of sp³-hybridized carbons (Fsp3) is 0.429. The lowest BCUT2D eigenvalue weighted by atomic mass is 9.86. The summed E-state index contributed by atoms with van der Waals surface area (Å²) in [5.74, 6) is -2.29. The zero-order valence-electron chi connectivity index (χ0n) is 11.9. The van der Waals surface area contributed by atoms with E-state index < -0.39 is 29.9 Å². The van der Waals surface area contributed by atoms with E-state index in [1.165, 1.54) is 24.3 Å². The van der Waals surface area contributed by atoms with Crippen LogP contribution in [0.5, 0.6) is 5.75 Å². The number of ether oxygens (including phenoxy) is 1. The first kappa shape index (κ1) is 16.9. The van der Waals surface area contributed by atoms with E-state index >= 15 is 0 Å². The summed E-state index contributed by atoms with van der Waals surface area (Å²) in [5.41, 5.74) is -0.881. The molecule has 0 radical (unpaired) electrons. The highest BCUT2D eigenvalue weighted by molar-refractivity contribution is 5.99. The lowest BCUT2D eigenvalue weighted by Gasteiger charge is -2.28. The number of carboxylic acid groups (broad SMARTS) is 1. The van der Waals surface area contributed by atoms with Crippen LogP contribution in [0.2, 0.25) is 0 Å². The van der Waals surface area contributed by atoms with Gasteiger partial charge in [0.05, 0.1) is 5.56 Å². The van der Waals surface area contributed by atoms with Crippen molar-refractivity contribution < 1.29 is 28.2 Å². The minimum absolute atomic E-state index is 0.145. The molecule has 1 rings (SSSR count). The minimum Gasteiger partial charge on any atom is -0.480 e. The summed E-state index contributed by atoms with van der Waals surface area (Å²) in [7, 11) is 0. The van der Waals surface area contributed by atoms with Gasteiger partial charge in [0.2, 0.25) is 0 Å². The number of nitrogens with one attached hydrogen (secondary N) is 1. The quantitative estimate of drug-likeness (QED) is 0.876. The third-order valence-electron chi connectivity index (χ3n) is 2.74. The number of hydrogen-bond donors (Lipinski definition) is 2. The SMILES string of the molecule is CC(C)(C)C(NC(=O)c1ccccc1OC(F)F)C(=O)O. The van der Waals surface area contributed by atoms with Crippen LogP contribution in [0.15, 0.2) is 24.3 Å². The van der Waals surface area contributed by atoms with Crippen molar-refractivity contribution in [3.8, 4) is 5.75 Å². The number of benzene rings is 1. The third-order valence-corrected chi connectivity index (χ3v) is 2.74. The van der Waals surface area contributed by atoms with E-state index in [9.17, 15) is 18.4 Å². The third kappa shape index (κ3) is 4.70. The molecule has 1 aromatic carbocycles. The Morgan fingerprint density at radius 3 is 2.29 bits per heavy atom. The summed E-state index contributed by atoms with van der Waals surface area (Å²) in [6.07, 6.45) is 0. The molecule has 0 bridgehead atoms. The number of alkyl halides is 2. The van der Waals surface area contributed by atoms with Crippen molar-refractivity contribution in [2.45, 2.75) is 33.4 Å². The Hall–Kier alpha value is -2.18. The average molecular weight is 301 g/mol. The van der Waals surface area contributed by atoms with Gasteiger partial charge >= 0.3 is 12.6 Å². The van der Waals surface area contributed by atoms with Crippen LogP contribution in [0, 0.1) is 5.41 Å². The number of halogens is 2. The molecule has 5 nitrogen and oxygen atoms in total. The lowest BCUT2D eigenvalue weighted by Crippen LogP contribution is -2.49. The number of aliphatic carboxylic acids is 1.